The molecule has 0 radical (unpaired) electrons. The molecule has 1 aliphatic heterocycles. The second-order valence-electron chi connectivity index (χ2n) is 8.82. The summed E-state index contributed by atoms with van der Waals surface area (Å²) in [5, 5.41) is 12.4. The minimum atomic E-state index is -3.04. The van der Waals surface area contributed by atoms with Crippen LogP contribution in [0, 0.1) is 11.2 Å². The van der Waals surface area contributed by atoms with Gasteiger partial charge < -0.3 is 15.1 Å². The molecule has 35 heavy (non-hydrogen) atoms. The van der Waals surface area contributed by atoms with E-state index < -0.39 is 11.7 Å². The molecule has 0 amide bonds. The number of anilines is 3. The third-order valence-electron chi connectivity index (χ3n) is 6.29. The first kappa shape index (κ1) is 23.3. The Kier molecular flexibility index (Phi) is 5.74. The molecular formula is C23H22ClF3N8. The summed E-state index contributed by atoms with van der Waals surface area (Å²) in [4.78, 5) is 20.2. The summed E-state index contributed by atoms with van der Waals surface area (Å²) >= 11 is 6.53. The van der Waals surface area contributed by atoms with E-state index >= 15 is 0 Å². The average Bonchev–Trinajstić information content (AvgIpc) is 3.58. The quantitative estimate of drug-likeness (QED) is 0.389. The third kappa shape index (κ3) is 4.60. The van der Waals surface area contributed by atoms with Crippen LogP contribution in [0.3, 0.4) is 0 Å². The second kappa shape index (κ2) is 8.63. The van der Waals surface area contributed by atoms with Gasteiger partial charge >= 0.3 is 0 Å². The van der Waals surface area contributed by atoms with Crippen molar-refractivity contribution in [2.24, 2.45) is 0 Å². The predicted molar refractivity (Wildman–Crippen MR) is 126 cm³/mol. The van der Waals surface area contributed by atoms with Crippen molar-refractivity contribution >= 4 is 35.0 Å². The van der Waals surface area contributed by atoms with Crippen molar-refractivity contribution in [2.75, 3.05) is 29.9 Å². The number of rotatable bonds is 5. The van der Waals surface area contributed by atoms with E-state index in [1.54, 1.807) is 18.2 Å². The third-order valence-corrected chi connectivity index (χ3v) is 6.61. The van der Waals surface area contributed by atoms with Gasteiger partial charge in [0.05, 0.1) is 39.8 Å². The molecule has 1 saturated heterocycles. The molecule has 3 heterocycles. The van der Waals surface area contributed by atoms with Gasteiger partial charge in [-0.2, -0.15) is 0 Å². The van der Waals surface area contributed by atoms with Gasteiger partial charge in [0.2, 0.25) is 11.9 Å². The maximum Gasteiger partial charge on any atom is 0.273 e. The van der Waals surface area contributed by atoms with Crippen LogP contribution in [0.25, 0.3) is 0 Å². The fraction of sp³-hybridized carbons (Fsp3) is 0.348. The monoisotopic (exact) mass is 502 g/mol. The highest BCUT2D eigenvalue weighted by Gasteiger charge is 2.53. The molecule has 0 bridgehead atoms. The first-order chi connectivity index (χ1) is 16.7. The molecule has 2 N–H and O–H groups in total. The number of nitrogens with one attached hydrogen (secondary N) is 2. The summed E-state index contributed by atoms with van der Waals surface area (Å²) in [6.07, 6.45) is 6.20. The van der Waals surface area contributed by atoms with E-state index in [2.05, 4.69) is 25.3 Å². The topological polar surface area (TPSA) is 93.9 Å². The first-order valence-corrected chi connectivity index (χ1v) is 11.4. The lowest BCUT2D eigenvalue weighted by molar-refractivity contribution is 0.0168. The van der Waals surface area contributed by atoms with Crippen LogP contribution >= 0.6 is 11.6 Å². The molecule has 12 heteroatoms. The number of hydrogen-bond donors (Lipinski definition) is 2. The van der Waals surface area contributed by atoms with Crippen molar-refractivity contribution in [3.63, 3.8) is 0 Å². The molecule has 1 saturated carbocycles. The van der Waals surface area contributed by atoms with Gasteiger partial charge in [-0.05, 0) is 25.0 Å². The van der Waals surface area contributed by atoms with E-state index in [-0.39, 0.29) is 22.9 Å². The van der Waals surface area contributed by atoms with Crippen LogP contribution in [0.4, 0.5) is 30.8 Å². The van der Waals surface area contributed by atoms with Crippen molar-refractivity contribution < 1.29 is 13.2 Å². The van der Waals surface area contributed by atoms with E-state index in [4.69, 9.17) is 17.0 Å². The fourth-order valence-electron chi connectivity index (χ4n) is 4.28. The molecule has 2 aliphatic rings. The Morgan fingerprint density at radius 2 is 1.77 bits per heavy atom. The Morgan fingerprint density at radius 1 is 1.09 bits per heavy atom. The summed E-state index contributed by atoms with van der Waals surface area (Å²) in [6, 6.07) is 5.16. The maximum atomic E-state index is 13.5. The number of hydrogen-bond acceptors (Lipinski definition) is 7. The zero-order chi connectivity index (χ0) is 24.8. The number of halogens is 4. The first-order valence-electron chi connectivity index (χ1n) is 11.0. The predicted octanol–water partition coefficient (Wildman–Crippen LogP) is 4.59. The molecule has 5 rings (SSSR count). The van der Waals surface area contributed by atoms with Crippen molar-refractivity contribution in [3.05, 3.63) is 65.0 Å². The molecule has 3 aromatic rings. The minimum Gasteiger partial charge on any atom is -0.347 e. The molecule has 8 nitrogen and oxygen atoms in total. The van der Waals surface area contributed by atoms with Gasteiger partial charge in [0.1, 0.15) is 5.84 Å². The van der Waals surface area contributed by atoms with Crippen LogP contribution in [-0.4, -0.2) is 55.8 Å². The highest BCUT2D eigenvalue weighted by molar-refractivity contribution is 6.34. The number of benzene rings is 1. The maximum absolute atomic E-state index is 13.5. The Labute approximate surface area is 204 Å². The van der Waals surface area contributed by atoms with Crippen LogP contribution in [-0.2, 0) is 5.92 Å². The number of nitrogens with zero attached hydrogens (tertiary/aromatic N) is 6. The molecule has 0 atom stereocenters. The van der Waals surface area contributed by atoms with E-state index in [0.29, 0.717) is 41.9 Å². The highest BCUT2D eigenvalue weighted by atomic mass is 35.5. The molecule has 0 unspecified atom stereocenters. The zero-order valence-electron chi connectivity index (χ0n) is 18.8. The molecule has 182 valence electrons. The number of aromatic nitrogens is 4. The Hall–Kier alpha value is -3.47. The molecule has 1 spiro atoms. The SMILES string of the molecule is CC(F)(F)c1cnc(Nc2cccc(Cl)c2C(=N)N2CCN(c3ncc(F)cn3)CC23CC3)nc1. The largest absolute Gasteiger partial charge is 0.347 e. The lowest BCUT2D eigenvalue weighted by Crippen LogP contribution is -2.57. The van der Waals surface area contributed by atoms with Crippen LogP contribution in [0.5, 0.6) is 0 Å². The Bertz CT molecular complexity index is 1240. The summed E-state index contributed by atoms with van der Waals surface area (Å²) in [5.41, 5.74) is 0.411. The smallest absolute Gasteiger partial charge is 0.273 e. The average molecular weight is 503 g/mol. The van der Waals surface area contributed by atoms with Gasteiger partial charge in [-0.15, -0.1) is 0 Å². The van der Waals surface area contributed by atoms with Crippen molar-refractivity contribution in [2.45, 2.75) is 31.2 Å². The van der Waals surface area contributed by atoms with E-state index in [1.165, 1.54) is 0 Å². The summed E-state index contributed by atoms with van der Waals surface area (Å²) in [6.45, 7) is 2.47. The Morgan fingerprint density at radius 3 is 2.40 bits per heavy atom. The lowest BCUT2D eigenvalue weighted by atomic mass is 10.1. The van der Waals surface area contributed by atoms with Crippen LogP contribution in [0.1, 0.15) is 30.9 Å². The van der Waals surface area contributed by atoms with Crippen LogP contribution in [0.2, 0.25) is 5.02 Å². The van der Waals surface area contributed by atoms with E-state index in [0.717, 1.165) is 44.6 Å². The van der Waals surface area contributed by atoms with Gasteiger partial charge in [-0.3, -0.25) is 5.41 Å². The fourth-order valence-corrected chi connectivity index (χ4v) is 4.55. The van der Waals surface area contributed by atoms with E-state index in [9.17, 15) is 13.2 Å². The van der Waals surface area contributed by atoms with Gasteiger partial charge in [0.25, 0.3) is 5.92 Å². The second-order valence-corrected chi connectivity index (χ2v) is 9.23. The standard InChI is InChI=1S/C23H22ClF3N8/c1-22(26,27)14-9-29-20(30-10-14)33-17-4-2-3-16(24)18(17)19(28)35-8-7-34(13-23(35)5-6-23)21-31-11-15(25)12-32-21/h2-4,9-12,28H,5-8,13H2,1H3,(H,29,30,33). The minimum absolute atomic E-state index is 0.119. The summed E-state index contributed by atoms with van der Waals surface area (Å²) in [5.74, 6) is -2.71. The number of amidine groups is 1. The molecule has 1 aliphatic carbocycles. The highest BCUT2D eigenvalue weighted by Crippen LogP contribution is 2.46. The molecular weight excluding hydrogens is 481 g/mol. The number of alkyl halides is 2. The molecule has 1 aromatic carbocycles. The summed E-state index contributed by atoms with van der Waals surface area (Å²) in [7, 11) is 0. The van der Waals surface area contributed by atoms with Crippen LogP contribution in [0.15, 0.2) is 43.0 Å². The lowest BCUT2D eigenvalue weighted by Gasteiger charge is -2.43. The zero-order valence-corrected chi connectivity index (χ0v) is 19.5. The number of piperazine rings is 1. The normalized spacial score (nSPS) is 16.9. The van der Waals surface area contributed by atoms with E-state index in [1.807, 2.05) is 9.80 Å². The molecule has 2 aromatic heterocycles. The van der Waals surface area contributed by atoms with Gasteiger partial charge in [-0.25, -0.2) is 33.1 Å². The summed E-state index contributed by atoms with van der Waals surface area (Å²) < 4.78 is 40.2. The van der Waals surface area contributed by atoms with Crippen molar-refractivity contribution in [3.8, 4) is 0 Å². The molecule has 2 fully saturated rings. The van der Waals surface area contributed by atoms with Gasteiger partial charge in [0, 0.05) is 39.0 Å². The van der Waals surface area contributed by atoms with Crippen LogP contribution < -0.4 is 10.2 Å². The Balaban J connectivity index is 1.38. The van der Waals surface area contributed by atoms with Crippen molar-refractivity contribution in [1.82, 2.24) is 24.8 Å². The van der Waals surface area contributed by atoms with Gasteiger partial charge in [-0.1, -0.05) is 17.7 Å². The van der Waals surface area contributed by atoms with Gasteiger partial charge in [0.15, 0.2) is 5.82 Å². The van der Waals surface area contributed by atoms with Crippen molar-refractivity contribution in [1.29, 1.82) is 5.41 Å².